The van der Waals surface area contributed by atoms with Crippen molar-refractivity contribution in [1.29, 1.82) is 0 Å². The molecule has 0 aromatic carbocycles. The van der Waals surface area contributed by atoms with Gasteiger partial charge in [-0.15, -0.1) is 13.2 Å². The molecule has 0 spiro atoms. The molecule has 0 aliphatic rings. The molecule has 0 aliphatic carbocycles. The Morgan fingerprint density at radius 3 is 2.50 bits per heavy atom. The summed E-state index contributed by atoms with van der Waals surface area (Å²) in [5.74, 6) is -0.459. The molecule has 1 rings (SSSR count). The third kappa shape index (κ3) is 4.85. The van der Waals surface area contributed by atoms with E-state index in [1.807, 2.05) is 13.8 Å². The molecule has 20 heavy (non-hydrogen) atoms. The highest BCUT2D eigenvalue weighted by atomic mass is 79.9. The van der Waals surface area contributed by atoms with Crippen LogP contribution in [-0.2, 0) is 0 Å². The predicted molar refractivity (Wildman–Crippen MR) is 73.1 cm³/mol. The van der Waals surface area contributed by atoms with E-state index in [9.17, 15) is 13.2 Å². The average molecular weight is 356 g/mol. The quantitative estimate of drug-likeness (QED) is 0.715. The molecule has 114 valence electrons. The summed E-state index contributed by atoms with van der Waals surface area (Å²) < 4.78 is 46.8. The van der Waals surface area contributed by atoms with Crippen LogP contribution in [-0.4, -0.2) is 18.5 Å². The first-order chi connectivity index (χ1) is 9.28. The van der Waals surface area contributed by atoms with Gasteiger partial charge in [0.05, 0.1) is 11.6 Å². The Balaban J connectivity index is 3.15. The van der Waals surface area contributed by atoms with Gasteiger partial charge in [-0.3, -0.25) is 0 Å². The summed E-state index contributed by atoms with van der Waals surface area (Å²) in [6.07, 6.45) is -2.10. The lowest BCUT2D eigenvalue weighted by molar-refractivity contribution is -0.276. The maximum absolute atomic E-state index is 12.5. The molecule has 0 saturated carbocycles. The first-order valence-electron chi connectivity index (χ1n) is 6.28. The van der Waals surface area contributed by atoms with Crippen molar-refractivity contribution in [1.82, 2.24) is 4.98 Å². The number of hydrogen-bond acceptors (Lipinski definition) is 3. The van der Waals surface area contributed by atoms with Gasteiger partial charge in [0, 0.05) is 5.56 Å². The van der Waals surface area contributed by atoms with Crippen molar-refractivity contribution in [2.75, 3.05) is 7.11 Å². The monoisotopic (exact) mass is 355 g/mol. The maximum Gasteiger partial charge on any atom is 0.574 e. The smallest absolute Gasteiger partial charge is 0.480 e. The SMILES string of the molecule is CCCCC(C)c1cc(Br)c(OC)nc1OC(F)(F)F. The molecule has 0 aliphatic heterocycles. The molecule has 1 aromatic heterocycles. The Morgan fingerprint density at radius 1 is 1.35 bits per heavy atom. The molecule has 0 amide bonds. The fourth-order valence-electron chi connectivity index (χ4n) is 1.82. The number of methoxy groups -OCH3 is 1. The molecule has 0 fully saturated rings. The van der Waals surface area contributed by atoms with Crippen molar-refractivity contribution >= 4 is 15.9 Å². The minimum atomic E-state index is -4.77. The number of unbranched alkanes of at least 4 members (excludes halogenated alkanes) is 1. The van der Waals surface area contributed by atoms with Crippen molar-refractivity contribution in [3.8, 4) is 11.8 Å². The van der Waals surface area contributed by atoms with Gasteiger partial charge in [-0.2, -0.15) is 4.98 Å². The van der Waals surface area contributed by atoms with E-state index < -0.39 is 12.2 Å². The van der Waals surface area contributed by atoms with Crippen molar-refractivity contribution in [3.63, 3.8) is 0 Å². The number of pyridine rings is 1. The molecule has 0 saturated heterocycles. The minimum absolute atomic E-state index is 0.0655. The zero-order chi connectivity index (χ0) is 15.3. The highest BCUT2D eigenvalue weighted by Gasteiger charge is 2.34. The van der Waals surface area contributed by atoms with Gasteiger partial charge < -0.3 is 9.47 Å². The Bertz CT molecular complexity index is 452. The molecule has 1 atom stereocenters. The van der Waals surface area contributed by atoms with Crippen LogP contribution in [0.25, 0.3) is 0 Å². The number of halogens is 4. The van der Waals surface area contributed by atoms with Crippen molar-refractivity contribution in [3.05, 3.63) is 16.1 Å². The van der Waals surface area contributed by atoms with Crippen LogP contribution in [0, 0.1) is 0 Å². The summed E-state index contributed by atoms with van der Waals surface area (Å²) in [5.41, 5.74) is 0.420. The predicted octanol–water partition coefficient (Wildman–Crippen LogP) is 5.05. The largest absolute Gasteiger partial charge is 0.574 e. The topological polar surface area (TPSA) is 31.4 Å². The fourth-order valence-corrected chi connectivity index (χ4v) is 2.32. The number of nitrogens with zero attached hydrogens (tertiary/aromatic N) is 1. The molecule has 0 bridgehead atoms. The number of alkyl halides is 3. The lowest BCUT2D eigenvalue weighted by atomic mass is 9.96. The van der Waals surface area contributed by atoms with E-state index in [-0.39, 0.29) is 11.8 Å². The Labute approximate surface area is 124 Å². The average Bonchev–Trinajstić information content (AvgIpc) is 2.35. The van der Waals surface area contributed by atoms with Gasteiger partial charge in [0.2, 0.25) is 11.8 Å². The van der Waals surface area contributed by atoms with Crippen molar-refractivity contribution in [2.45, 2.75) is 45.4 Å². The fraction of sp³-hybridized carbons (Fsp3) is 0.615. The summed E-state index contributed by atoms with van der Waals surface area (Å²) in [5, 5.41) is 0. The van der Waals surface area contributed by atoms with E-state index in [1.165, 1.54) is 7.11 Å². The van der Waals surface area contributed by atoms with Gasteiger partial charge in [0.1, 0.15) is 0 Å². The van der Waals surface area contributed by atoms with E-state index in [1.54, 1.807) is 6.07 Å². The van der Waals surface area contributed by atoms with Crippen LogP contribution in [0.2, 0.25) is 0 Å². The number of rotatable bonds is 6. The first kappa shape index (κ1) is 17.1. The standard InChI is InChI=1S/C13H17BrF3NO2/c1-4-5-6-8(2)9-7-10(14)12(19-3)18-11(9)20-13(15,16)17/h7-8H,4-6H2,1-3H3. The van der Waals surface area contributed by atoms with Gasteiger partial charge in [0.15, 0.2) is 0 Å². The van der Waals surface area contributed by atoms with Gasteiger partial charge in [-0.05, 0) is 34.3 Å². The minimum Gasteiger partial charge on any atom is -0.480 e. The molecule has 0 radical (unpaired) electrons. The van der Waals surface area contributed by atoms with Crippen LogP contribution in [0.3, 0.4) is 0 Å². The van der Waals surface area contributed by atoms with Gasteiger partial charge >= 0.3 is 6.36 Å². The highest BCUT2D eigenvalue weighted by molar-refractivity contribution is 9.10. The third-order valence-electron chi connectivity index (χ3n) is 2.86. The summed E-state index contributed by atoms with van der Waals surface area (Å²) in [6, 6.07) is 1.58. The second kappa shape index (κ2) is 7.15. The highest BCUT2D eigenvalue weighted by Crippen LogP contribution is 2.37. The summed E-state index contributed by atoms with van der Waals surface area (Å²) in [6.45, 7) is 3.89. The zero-order valence-corrected chi connectivity index (χ0v) is 13.1. The molecular formula is C13H17BrF3NO2. The number of ether oxygens (including phenoxy) is 2. The second-order valence-electron chi connectivity index (χ2n) is 4.46. The van der Waals surface area contributed by atoms with Crippen LogP contribution in [0.15, 0.2) is 10.5 Å². The van der Waals surface area contributed by atoms with E-state index in [4.69, 9.17) is 4.74 Å². The Morgan fingerprint density at radius 2 is 2.00 bits per heavy atom. The molecular weight excluding hydrogens is 339 g/mol. The molecule has 0 N–H and O–H groups in total. The van der Waals surface area contributed by atoms with Gasteiger partial charge in [-0.1, -0.05) is 26.7 Å². The molecule has 1 heterocycles. The van der Waals surface area contributed by atoms with Crippen LogP contribution in [0.5, 0.6) is 11.8 Å². The van der Waals surface area contributed by atoms with Crippen LogP contribution in [0.4, 0.5) is 13.2 Å². The van der Waals surface area contributed by atoms with Crippen LogP contribution < -0.4 is 9.47 Å². The lowest BCUT2D eigenvalue weighted by Crippen LogP contribution is -2.19. The summed E-state index contributed by atoms with van der Waals surface area (Å²) in [7, 11) is 1.34. The number of aromatic nitrogens is 1. The second-order valence-corrected chi connectivity index (χ2v) is 5.32. The first-order valence-corrected chi connectivity index (χ1v) is 7.08. The van der Waals surface area contributed by atoms with E-state index >= 15 is 0 Å². The lowest BCUT2D eigenvalue weighted by Gasteiger charge is -2.18. The van der Waals surface area contributed by atoms with E-state index in [0.717, 1.165) is 19.3 Å². The van der Waals surface area contributed by atoms with Gasteiger partial charge in [-0.25, -0.2) is 0 Å². The van der Waals surface area contributed by atoms with E-state index in [2.05, 4.69) is 25.7 Å². The number of hydrogen-bond donors (Lipinski definition) is 0. The Kier molecular flexibility index (Phi) is 6.10. The zero-order valence-electron chi connectivity index (χ0n) is 11.6. The molecule has 3 nitrogen and oxygen atoms in total. The summed E-state index contributed by atoms with van der Waals surface area (Å²) >= 11 is 3.23. The van der Waals surface area contributed by atoms with Crippen molar-refractivity contribution < 1.29 is 22.6 Å². The molecule has 1 aromatic rings. The molecule has 7 heteroatoms. The summed E-state index contributed by atoms with van der Waals surface area (Å²) in [4.78, 5) is 3.79. The normalized spacial score (nSPS) is 13.2. The van der Waals surface area contributed by atoms with E-state index in [0.29, 0.717) is 10.0 Å². The van der Waals surface area contributed by atoms with Crippen LogP contribution in [0.1, 0.15) is 44.6 Å². The maximum atomic E-state index is 12.5. The van der Waals surface area contributed by atoms with Crippen molar-refractivity contribution in [2.24, 2.45) is 0 Å². The third-order valence-corrected chi connectivity index (χ3v) is 3.43. The molecule has 1 unspecified atom stereocenters. The Hall–Kier alpha value is -0.980. The van der Waals surface area contributed by atoms with Crippen LogP contribution >= 0.6 is 15.9 Å². The van der Waals surface area contributed by atoms with Gasteiger partial charge in [0.25, 0.3) is 0 Å².